The van der Waals surface area contributed by atoms with Gasteiger partial charge in [0.2, 0.25) is 5.91 Å². The molecule has 0 aromatic rings. The molecule has 1 amide bonds. The zero-order valence-corrected chi connectivity index (χ0v) is 20.8. The smallest absolute Gasteiger partial charge is 0.463 e. The molecule has 9 nitrogen and oxygen atoms in total. The average Bonchev–Trinajstić information content (AvgIpc) is 2.74. The van der Waals surface area contributed by atoms with Crippen molar-refractivity contribution in [3.05, 3.63) is 0 Å². The summed E-state index contributed by atoms with van der Waals surface area (Å²) < 4.78 is 25.9. The minimum Gasteiger partial charge on any atom is -0.463 e. The zero-order chi connectivity index (χ0) is 24.1. The summed E-state index contributed by atoms with van der Waals surface area (Å²) in [4.78, 5) is 31.9. The summed E-state index contributed by atoms with van der Waals surface area (Å²) in [5.74, 6) is -0.696. The molecule has 0 aliphatic heterocycles. The Morgan fingerprint density at radius 2 is 1.41 bits per heavy atom. The van der Waals surface area contributed by atoms with E-state index in [1.165, 1.54) is 64.7 Å². The van der Waals surface area contributed by atoms with Crippen molar-refractivity contribution in [2.75, 3.05) is 26.4 Å². The monoisotopic (exact) mass is 481 g/mol. The van der Waals surface area contributed by atoms with Crippen LogP contribution in [0.2, 0.25) is 0 Å². The number of esters is 1. The molecule has 0 fully saturated rings. The molecule has 0 radical (unpaired) electrons. The first-order chi connectivity index (χ1) is 15.3. The average molecular weight is 482 g/mol. The van der Waals surface area contributed by atoms with Crippen LogP contribution in [0.25, 0.3) is 0 Å². The largest absolute Gasteiger partial charge is 0.472 e. The van der Waals surface area contributed by atoms with E-state index in [1.54, 1.807) is 0 Å². The summed E-state index contributed by atoms with van der Waals surface area (Å²) in [6.07, 6.45) is 13.6. The highest BCUT2D eigenvalue weighted by atomic mass is 31.2. The minimum absolute atomic E-state index is 0.0581. The highest BCUT2D eigenvalue weighted by Crippen LogP contribution is 2.42. The third kappa shape index (κ3) is 22.2. The first-order valence-corrected chi connectivity index (χ1v) is 13.5. The second kappa shape index (κ2) is 20.6. The Morgan fingerprint density at radius 1 is 0.875 bits per heavy atom. The number of ether oxygens (including phenoxy) is 1. The van der Waals surface area contributed by atoms with Crippen LogP contribution >= 0.6 is 7.82 Å². The molecule has 0 heterocycles. The highest BCUT2D eigenvalue weighted by molar-refractivity contribution is 7.47. The number of aliphatic hydroxyl groups is 1. The van der Waals surface area contributed by atoms with Crippen LogP contribution in [0.5, 0.6) is 0 Å². The molecule has 0 aliphatic rings. The van der Waals surface area contributed by atoms with Crippen LogP contribution in [0.1, 0.15) is 97.3 Å². The first-order valence-electron chi connectivity index (χ1n) is 12.0. The van der Waals surface area contributed by atoms with Gasteiger partial charge in [0.1, 0.15) is 12.7 Å². The van der Waals surface area contributed by atoms with E-state index in [2.05, 4.69) is 21.3 Å². The molecule has 0 bridgehead atoms. The lowest BCUT2D eigenvalue weighted by atomic mass is 10.0. The van der Waals surface area contributed by atoms with Crippen molar-refractivity contribution in [2.24, 2.45) is 0 Å². The number of carbonyl (C=O) groups is 2. The van der Waals surface area contributed by atoms with Gasteiger partial charge in [0.05, 0.1) is 13.2 Å². The molecule has 190 valence electrons. The molecule has 0 aromatic carbocycles. The zero-order valence-electron chi connectivity index (χ0n) is 19.9. The van der Waals surface area contributed by atoms with Crippen molar-refractivity contribution < 1.29 is 37.9 Å². The summed E-state index contributed by atoms with van der Waals surface area (Å²) in [5, 5.41) is 12.1. The lowest BCUT2D eigenvalue weighted by Gasteiger charge is -2.15. The molecule has 0 spiro atoms. The van der Waals surface area contributed by atoms with E-state index in [0.29, 0.717) is 0 Å². The third-order valence-corrected chi connectivity index (χ3v) is 5.82. The second-order valence-corrected chi connectivity index (χ2v) is 9.51. The third-order valence-electron chi connectivity index (χ3n) is 4.83. The number of hydrogen-bond acceptors (Lipinski definition) is 7. The van der Waals surface area contributed by atoms with Crippen molar-refractivity contribution >= 4 is 19.7 Å². The maximum Gasteiger partial charge on any atom is 0.472 e. The van der Waals surface area contributed by atoms with Gasteiger partial charge in [-0.15, -0.1) is 0 Å². The summed E-state index contributed by atoms with van der Waals surface area (Å²) >= 11 is 0. The van der Waals surface area contributed by atoms with E-state index in [0.717, 1.165) is 19.3 Å². The molecule has 0 aliphatic carbocycles. The number of carbonyl (C=O) groups excluding carboxylic acids is 2. The van der Waals surface area contributed by atoms with Crippen LogP contribution in [0, 0.1) is 0 Å². The number of phosphoric ester groups is 1. The van der Waals surface area contributed by atoms with Gasteiger partial charge < -0.3 is 20.1 Å². The lowest BCUT2D eigenvalue weighted by Crippen LogP contribution is -2.25. The number of phosphoric acid groups is 1. The van der Waals surface area contributed by atoms with Crippen molar-refractivity contribution in [1.82, 2.24) is 5.32 Å². The number of aliphatic hydroxyl groups excluding tert-OH is 1. The molecule has 3 N–H and O–H groups in total. The Balaban J connectivity index is 3.57. The van der Waals surface area contributed by atoms with E-state index in [1.807, 2.05) is 0 Å². The van der Waals surface area contributed by atoms with Crippen LogP contribution in [0.3, 0.4) is 0 Å². The Hall–Kier alpha value is -0.990. The van der Waals surface area contributed by atoms with Gasteiger partial charge in [-0.3, -0.25) is 18.6 Å². The fraction of sp³-hybridized carbons (Fsp3) is 0.909. The Kier molecular flexibility index (Phi) is 20.0. The minimum atomic E-state index is -4.35. The first kappa shape index (κ1) is 31.0. The fourth-order valence-corrected chi connectivity index (χ4v) is 3.78. The van der Waals surface area contributed by atoms with Crippen LogP contribution < -0.4 is 5.32 Å². The Labute approximate surface area is 193 Å². The number of hydrogen-bond donors (Lipinski definition) is 3. The standard InChI is InChI=1S/C22H44NO8P/c1-3-4-5-6-7-8-9-10-11-12-13-14-15-22(26)29-18-21(25)19-31-32(27,28)30-17-16-23-20(2)24/h21,25H,3-19H2,1-2H3,(H,23,24)(H,27,28). The second-order valence-electron chi connectivity index (χ2n) is 8.06. The van der Waals surface area contributed by atoms with Crippen LogP contribution in [0.15, 0.2) is 0 Å². The van der Waals surface area contributed by atoms with Crippen LogP contribution in [-0.2, 0) is 27.9 Å². The molecule has 32 heavy (non-hydrogen) atoms. The van der Waals surface area contributed by atoms with Gasteiger partial charge in [0.25, 0.3) is 0 Å². The molecule has 2 atom stereocenters. The van der Waals surface area contributed by atoms with Gasteiger partial charge in [-0.05, 0) is 6.42 Å². The summed E-state index contributed by atoms with van der Waals surface area (Å²) in [6, 6.07) is 0. The molecule has 0 saturated heterocycles. The van der Waals surface area contributed by atoms with E-state index < -0.39 is 26.5 Å². The molecular weight excluding hydrogens is 437 g/mol. The summed E-state index contributed by atoms with van der Waals surface area (Å²) in [6.45, 7) is 2.56. The number of rotatable bonds is 22. The van der Waals surface area contributed by atoms with Gasteiger partial charge in [0.15, 0.2) is 0 Å². The van der Waals surface area contributed by atoms with Gasteiger partial charge in [-0.25, -0.2) is 4.57 Å². The number of nitrogens with one attached hydrogen (secondary N) is 1. The summed E-state index contributed by atoms with van der Waals surface area (Å²) in [7, 11) is -4.35. The topological polar surface area (TPSA) is 131 Å². The predicted octanol–water partition coefficient (Wildman–Crippen LogP) is 4.25. The fourth-order valence-electron chi connectivity index (χ4n) is 3.03. The predicted molar refractivity (Wildman–Crippen MR) is 123 cm³/mol. The Morgan fingerprint density at radius 3 is 1.94 bits per heavy atom. The summed E-state index contributed by atoms with van der Waals surface area (Å²) in [5.41, 5.74) is 0. The molecule has 2 unspecified atom stereocenters. The van der Waals surface area contributed by atoms with E-state index in [9.17, 15) is 24.2 Å². The van der Waals surface area contributed by atoms with Gasteiger partial charge in [-0.1, -0.05) is 77.6 Å². The van der Waals surface area contributed by atoms with Crippen molar-refractivity contribution in [2.45, 2.75) is 103 Å². The SMILES string of the molecule is CCCCCCCCCCCCCCC(=O)OCC(O)COP(=O)(O)OCCNC(C)=O. The van der Waals surface area contributed by atoms with Gasteiger partial charge >= 0.3 is 13.8 Å². The van der Waals surface area contributed by atoms with Gasteiger partial charge in [0, 0.05) is 19.9 Å². The van der Waals surface area contributed by atoms with E-state index >= 15 is 0 Å². The molecule has 0 aromatic heterocycles. The lowest BCUT2D eigenvalue weighted by molar-refractivity contribution is -0.147. The molecule has 10 heteroatoms. The van der Waals surface area contributed by atoms with Crippen molar-refractivity contribution in [3.8, 4) is 0 Å². The highest BCUT2D eigenvalue weighted by Gasteiger charge is 2.23. The maximum atomic E-state index is 11.7. The Bertz CT molecular complexity index is 532. The number of unbranched alkanes of at least 4 members (excludes halogenated alkanes) is 11. The van der Waals surface area contributed by atoms with E-state index in [4.69, 9.17) is 4.74 Å². The molecular formula is C22H44NO8P. The normalized spacial score (nSPS) is 14.0. The van der Waals surface area contributed by atoms with Crippen LogP contribution in [-0.4, -0.2) is 54.3 Å². The van der Waals surface area contributed by atoms with Gasteiger partial charge in [-0.2, -0.15) is 0 Å². The number of amides is 1. The van der Waals surface area contributed by atoms with Crippen molar-refractivity contribution in [3.63, 3.8) is 0 Å². The maximum absolute atomic E-state index is 11.7. The van der Waals surface area contributed by atoms with E-state index in [-0.39, 0.29) is 32.1 Å². The molecule has 0 saturated carbocycles. The van der Waals surface area contributed by atoms with Crippen LogP contribution in [0.4, 0.5) is 0 Å². The van der Waals surface area contributed by atoms with Crippen molar-refractivity contribution in [1.29, 1.82) is 0 Å². The quantitative estimate of drug-likeness (QED) is 0.119. The molecule has 0 rings (SSSR count).